The molecule has 0 radical (unpaired) electrons. The Bertz CT molecular complexity index is 1030. The van der Waals surface area contributed by atoms with Crippen molar-refractivity contribution in [3.05, 3.63) is 71.0 Å². The number of alkyl halides is 3. The molecule has 0 aliphatic carbocycles. The van der Waals surface area contributed by atoms with Gasteiger partial charge in [0.1, 0.15) is 5.82 Å². The van der Waals surface area contributed by atoms with E-state index in [9.17, 15) is 17.6 Å². The highest BCUT2D eigenvalue weighted by molar-refractivity contribution is 5.26. The Morgan fingerprint density at radius 1 is 0.944 bits per heavy atom. The molecule has 0 aromatic heterocycles. The highest BCUT2D eigenvalue weighted by Crippen LogP contribution is 2.31. The molecule has 2 aromatic carbocycles. The lowest BCUT2D eigenvalue weighted by Gasteiger charge is -2.40. The van der Waals surface area contributed by atoms with Crippen molar-refractivity contribution in [3.63, 3.8) is 0 Å². The van der Waals surface area contributed by atoms with Crippen molar-refractivity contribution in [2.45, 2.75) is 24.9 Å². The fourth-order valence-corrected chi connectivity index (χ4v) is 4.31. The van der Waals surface area contributed by atoms with Crippen molar-refractivity contribution >= 4 is 0 Å². The van der Waals surface area contributed by atoms with Crippen LogP contribution in [0.15, 0.2) is 48.5 Å². The predicted molar refractivity (Wildman–Crippen MR) is 127 cm³/mol. The highest BCUT2D eigenvalue weighted by atomic mass is 19.4. The molecular formula is C27H30F4N2O3. The molecule has 2 fully saturated rings. The van der Waals surface area contributed by atoms with Gasteiger partial charge < -0.3 is 14.2 Å². The van der Waals surface area contributed by atoms with Crippen LogP contribution in [0, 0.1) is 17.7 Å². The second-order valence-electron chi connectivity index (χ2n) is 8.77. The molecule has 36 heavy (non-hydrogen) atoms. The highest BCUT2D eigenvalue weighted by Gasteiger charge is 2.34. The number of nitrogens with zero attached hydrogens (tertiary/aromatic N) is 2. The van der Waals surface area contributed by atoms with E-state index < -0.39 is 18.0 Å². The quantitative estimate of drug-likeness (QED) is 0.417. The lowest BCUT2D eigenvalue weighted by Crippen LogP contribution is -2.46. The topological polar surface area (TPSA) is 34.2 Å². The molecule has 2 aliphatic heterocycles. The van der Waals surface area contributed by atoms with Gasteiger partial charge in [-0.1, -0.05) is 42.2 Å². The number of hydrogen-bond donors (Lipinski definition) is 0. The monoisotopic (exact) mass is 506 g/mol. The van der Waals surface area contributed by atoms with Gasteiger partial charge in [-0.05, 0) is 35.7 Å². The van der Waals surface area contributed by atoms with E-state index in [1.54, 1.807) is 18.2 Å². The van der Waals surface area contributed by atoms with Crippen LogP contribution in [-0.2, 0) is 26.8 Å². The second-order valence-corrected chi connectivity index (χ2v) is 8.77. The molecule has 9 heteroatoms. The smallest absolute Gasteiger partial charge is 0.379 e. The lowest BCUT2D eigenvalue weighted by atomic mass is 10.0. The number of hydrogen-bond acceptors (Lipinski definition) is 5. The van der Waals surface area contributed by atoms with E-state index in [0.717, 1.165) is 44.0 Å². The maximum Gasteiger partial charge on any atom is 0.416 e. The van der Waals surface area contributed by atoms with Crippen molar-refractivity contribution in [2.24, 2.45) is 0 Å². The van der Waals surface area contributed by atoms with Gasteiger partial charge >= 0.3 is 6.18 Å². The number of ether oxygens (including phenoxy) is 3. The zero-order valence-electron chi connectivity index (χ0n) is 20.0. The Hall–Kier alpha value is -2.48. The third kappa shape index (κ3) is 7.51. The molecule has 0 N–H and O–H groups in total. The lowest BCUT2D eigenvalue weighted by molar-refractivity contribution is -0.208. The van der Waals surface area contributed by atoms with Crippen molar-refractivity contribution < 1.29 is 31.8 Å². The van der Waals surface area contributed by atoms with Crippen molar-refractivity contribution in [1.29, 1.82) is 0 Å². The molecule has 194 valence electrons. The Morgan fingerprint density at radius 3 is 2.44 bits per heavy atom. The molecule has 2 aromatic rings. The van der Waals surface area contributed by atoms with Gasteiger partial charge in [-0.25, -0.2) is 4.39 Å². The van der Waals surface area contributed by atoms with Crippen molar-refractivity contribution in [1.82, 2.24) is 9.80 Å². The van der Waals surface area contributed by atoms with Gasteiger partial charge in [-0.15, -0.1) is 0 Å². The number of morpholine rings is 2. The molecule has 0 amide bonds. The number of halogens is 4. The summed E-state index contributed by atoms with van der Waals surface area (Å²) in [5.41, 5.74) is 0.680. The van der Waals surface area contributed by atoms with Crippen molar-refractivity contribution in [3.8, 4) is 11.8 Å². The summed E-state index contributed by atoms with van der Waals surface area (Å²) >= 11 is 0. The fourth-order valence-electron chi connectivity index (χ4n) is 4.31. The van der Waals surface area contributed by atoms with E-state index >= 15 is 0 Å². The van der Waals surface area contributed by atoms with Gasteiger partial charge in [0.15, 0.2) is 6.29 Å². The summed E-state index contributed by atoms with van der Waals surface area (Å²) in [4.78, 5) is 4.38. The van der Waals surface area contributed by atoms with Crippen LogP contribution < -0.4 is 0 Å². The molecule has 2 atom stereocenters. The van der Waals surface area contributed by atoms with Crippen LogP contribution in [0.1, 0.15) is 22.7 Å². The summed E-state index contributed by atoms with van der Waals surface area (Å²) < 4.78 is 70.0. The third-order valence-corrected chi connectivity index (χ3v) is 6.26. The first-order chi connectivity index (χ1) is 17.4. The summed E-state index contributed by atoms with van der Waals surface area (Å²) in [5.74, 6) is 6.13. The van der Waals surface area contributed by atoms with Crippen LogP contribution in [-0.4, -0.2) is 75.2 Å². The molecular weight excluding hydrogens is 476 g/mol. The van der Waals surface area contributed by atoms with E-state index in [0.29, 0.717) is 38.2 Å². The van der Waals surface area contributed by atoms with Gasteiger partial charge in [0, 0.05) is 19.6 Å². The third-order valence-electron chi connectivity index (χ3n) is 6.26. The molecule has 0 saturated carbocycles. The summed E-state index contributed by atoms with van der Waals surface area (Å²) in [7, 11) is 0. The number of rotatable bonds is 7. The van der Waals surface area contributed by atoms with E-state index in [2.05, 4.69) is 21.6 Å². The summed E-state index contributed by atoms with van der Waals surface area (Å²) in [6.45, 7) is 5.57. The van der Waals surface area contributed by atoms with Crippen molar-refractivity contribution in [2.75, 3.05) is 59.2 Å². The maximum absolute atomic E-state index is 13.6. The first-order valence-electron chi connectivity index (χ1n) is 12.0. The number of benzene rings is 2. The van der Waals surface area contributed by atoms with Crippen LogP contribution in [0.4, 0.5) is 17.6 Å². The van der Waals surface area contributed by atoms with Gasteiger partial charge in [0.05, 0.1) is 51.1 Å². The Labute approximate surface area is 208 Å². The van der Waals surface area contributed by atoms with E-state index in [4.69, 9.17) is 14.2 Å². The predicted octanol–water partition coefficient (Wildman–Crippen LogP) is 4.14. The summed E-state index contributed by atoms with van der Waals surface area (Å²) in [6.07, 6.45) is -4.74. The average molecular weight is 507 g/mol. The van der Waals surface area contributed by atoms with Gasteiger partial charge in [-0.2, -0.15) is 13.2 Å². The standard InChI is InChI=1S/C27H30F4N2O3/c28-24-8-6-22(7-9-24)25-26(35-16-10-21-4-3-5-23(20-21)27(29,30)31)36-19-15-33(25)12-2-1-11-32-13-17-34-18-14-32/h3-9,20,25-26H,10-19H2/t25-,26+/m0/s1. The Morgan fingerprint density at radius 2 is 1.69 bits per heavy atom. The normalized spacial score (nSPS) is 21.7. The fraction of sp³-hybridized carbons (Fsp3) is 0.481. The van der Waals surface area contributed by atoms with Crippen LogP contribution in [0.2, 0.25) is 0 Å². The molecule has 0 unspecified atom stereocenters. The van der Waals surface area contributed by atoms with Crippen LogP contribution in [0.5, 0.6) is 0 Å². The molecule has 5 nitrogen and oxygen atoms in total. The van der Waals surface area contributed by atoms with Gasteiger partial charge in [-0.3, -0.25) is 9.80 Å². The van der Waals surface area contributed by atoms with E-state index in [1.165, 1.54) is 18.2 Å². The molecule has 2 saturated heterocycles. The first kappa shape index (κ1) is 26.6. The zero-order chi connectivity index (χ0) is 25.4. The van der Waals surface area contributed by atoms with Gasteiger partial charge in [0.2, 0.25) is 0 Å². The SMILES string of the molecule is Fc1ccc([C@H]2[C@H](OCCc3cccc(C(F)(F)F)c3)OCCN2CC#CCN2CCOCC2)cc1. The maximum atomic E-state index is 13.6. The van der Waals surface area contributed by atoms with E-state index in [1.807, 2.05) is 0 Å². The largest absolute Gasteiger partial charge is 0.416 e. The minimum absolute atomic E-state index is 0.181. The molecule has 4 rings (SSSR count). The molecule has 0 spiro atoms. The van der Waals surface area contributed by atoms with Crippen LogP contribution >= 0.6 is 0 Å². The minimum Gasteiger partial charge on any atom is -0.379 e. The zero-order valence-corrected chi connectivity index (χ0v) is 20.0. The second kappa shape index (κ2) is 12.7. The summed E-state index contributed by atoms with van der Waals surface area (Å²) in [6, 6.07) is 11.1. The summed E-state index contributed by atoms with van der Waals surface area (Å²) in [5, 5.41) is 0. The van der Waals surface area contributed by atoms with Crippen LogP contribution in [0.25, 0.3) is 0 Å². The molecule has 2 aliphatic rings. The van der Waals surface area contributed by atoms with Crippen LogP contribution in [0.3, 0.4) is 0 Å². The minimum atomic E-state index is -4.39. The Balaban J connectivity index is 1.40. The molecule has 2 heterocycles. The first-order valence-corrected chi connectivity index (χ1v) is 12.0. The van der Waals surface area contributed by atoms with Gasteiger partial charge in [0.25, 0.3) is 0 Å². The average Bonchev–Trinajstić information content (AvgIpc) is 2.88. The Kier molecular flexibility index (Phi) is 9.35. The molecule has 0 bridgehead atoms. The van der Waals surface area contributed by atoms with E-state index in [-0.39, 0.29) is 18.5 Å².